The minimum absolute atomic E-state index is 0.203. The van der Waals surface area contributed by atoms with Gasteiger partial charge in [0.05, 0.1) is 7.11 Å². The molecule has 1 atom stereocenters. The van der Waals surface area contributed by atoms with Crippen molar-refractivity contribution in [3.05, 3.63) is 0 Å². The Morgan fingerprint density at radius 1 is 1.09 bits per heavy atom. The molecule has 0 aromatic rings. The van der Waals surface area contributed by atoms with Gasteiger partial charge in [0.2, 0.25) is 11.8 Å². The van der Waals surface area contributed by atoms with E-state index in [4.69, 9.17) is 4.74 Å². The van der Waals surface area contributed by atoms with Crippen LogP contribution >= 0.6 is 0 Å². The molecule has 2 amide bonds. The lowest BCUT2D eigenvalue weighted by Gasteiger charge is -2.36. The van der Waals surface area contributed by atoms with E-state index < -0.39 is 23.0 Å². The van der Waals surface area contributed by atoms with E-state index in [0.717, 1.165) is 19.3 Å². The largest absolute Gasteiger partial charge is 0.467 e. The monoisotopic (exact) mass is 312 g/mol. The number of hydrogen-bond donors (Lipinski definition) is 2. The quantitative estimate of drug-likeness (QED) is 0.771. The maximum Gasteiger partial charge on any atom is 0.331 e. The van der Waals surface area contributed by atoms with Gasteiger partial charge in [0.1, 0.15) is 11.6 Å². The summed E-state index contributed by atoms with van der Waals surface area (Å²) in [5.74, 6) is -0.967. The second-order valence-electron chi connectivity index (χ2n) is 7.07. The molecule has 22 heavy (non-hydrogen) atoms. The maximum atomic E-state index is 12.4. The minimum atomic E-state index is -0.954. The zero-order valence-electron chi connectivity index (χ0n) is 14.2. The highest BCUT2D eigenvalue weighted by atomic mass is 16.5. The second kappa shape index (κ2) is 7.11. The average molecular weight is 312 g/mol. The van der Waals surface area contributed by atoms with Crippen LogP contribution in [0.1, 0.15) is 59.8 Å². The van der Waals surface area contributed by atoms with E-state index >= 15 is 0 Å². The second-order valence-corrected chi connectivity index (χ2v) is 7.07. The van der Waals surface area contributed by atoms with Crippen LogP contribution in [0.15, 0.2) is 0 Å². The van der Waals surface area contributed by atoms with Crippen molar-refractivity contribution in [1.82, 2.24) is 10.6 Å². The Balaban J connectivity index is 2.75. The molecule has 0 spiro atoms. The van der Waals surface area contributed by atoms with E-state index in [1.165, 1.54) is 7.11 Å². The van der Waals surface area contributed by atoms with Gasteiger partial charge in [-0.05, 0) is 19.8 Å². The Hall–Kier alpha value is -1.59. The van der Waals surface area contributed by atoms with Gasteiger partial charge in [-0.25, -0.2) is 4.79 Å². The normalized spacial score (nSPS) is 19.0. The van der Waals surface area contributed by atoms with Gasteiger partial charge < -0.3 is 15.4 Å². The third kappa shape index (κ3) is 4.45. The highest BCUT2D eigenvalue weighted by molar-refractivity contribution is 5.93. The Labute approximate surface area is 132 Å². The van der Waals surface area contributed by atoms with Crippen LogP contribution in [0.2, 0.25) is 0 Å². The van der Waals surface area contributed by atoms with Gasteiger partial charge in [0.15, 0.2) is 0 Å². The van der Waals surface area contributed by atoms with Crippen molar-refractivity contribution in [3.8, 4) is 0 Å². The van der Waals surface area contributed by atoms with E-state index in [-0.39, 0.29) is 11.8 Å². The lowest BCUT2D eigenvalue weighted by molar-refractivity contribution is -0.153. The summed E-state index contributed by atoms with van der Waals surface area (Å²) in [6.07, 6.45) is 3.94. The van der Waals surface area contributed by atoms with Crippen molar-refractivity contribution >= 4 is 17.8 Å². The first-order valence-corrected chi connectivity index (χ1v) is 7.84. The van der Waals surface area contributed by atoms with Crippen LogP contribution in [-0.4, -0.2) is 36.5 Å². The summed E-state index contributed by atoms with van der Waals surface area (Å²) in [5, 5.41) is 5.49. The smallest absolute Gasteiger partial charge is 0.331 e. The van der Waals surface area contributed by atoms with Gasteiger partial charge in [-0.1, -0.05) is 40.0 Å². The fourth-order valence-electron chi connectivity index (χ4n) is 2.55. The summed E-state index contributed by atoms with van der Waals surface area (Å²) in [4.78, 5) is 36.4. The molecule has 1 fully saturated rings. The number of methoxy groups -OCH3 is 1. The van der Waals surface area contributed by atoms with E-state index in [2.05, 4.69) is 10.6 Å². The minimum Gasteiger partial charge on any atom is -0.467 e. The van der Waals surface area contributed by atoms with E-state index in [9.17, 15) is 14.4 Å². The summed E-state index contributed by atoms with van der Waals surface area (Å²) in [5.41, 5.74) is -1.52. The molecule has 1 unspecified atom stereocenters. The van der Waals surface area contributed by atoms with Crippen LogP contribution in [0.25, 0.3) is 0 Å². The standard InChI is InChI=1S/C16H28N2O4/c1-11(17-13(20)15(2,3)4)12(19)18-16(14(21)22-5)9-7-6-8-10-16/h11H,6-10H2,1-5H3,(H,17,20)(H,18,19). The average Bonchev–Trinajstić information content (AvgIpc) is 2.46. The third-order valence-corrected chi connectivity index (χ3v) is 4.07. The number of amides is 2. The number of rotatable bonds is 4. The highest BCUT2D eigenvalue weighted by Gasteiger charge is 2.42. The molecule has 1 aliphatic rings. The van der Waals surface area contributed by atoms with Crippen LogP contribution in [0.5, 0.6) is 0 Å². The maximum absolute atomic E-state index is 12.4. The molecule has 0 saturated heterocycles. The number of ether oxygens (including phenoxy) is 1. The van der Waals surface area contributed by atoms with Crippen molar-refractivity contribution in [2.24, 2.45) is 5.41 Å². The molecule has 0 radical (unpaired) electrons. The Morgan fingerprint density at radius 3 is 2.09 bits per heavy atom. The summed E-state index contributed by atoms with van der Waals surface area (Å²) in [7, 11) is 1.33. The van der Waals surface area contributed by atoms with Gasteiger partial charge in [-0.3, -0.25) is 9.59 Å². The lowest BCUT2D eigenvalue weighted by atomic mass is 9.81. The third-order valence-electron chi connectivity index (χ3n) is 4.07. The molecule has 1 aliphatic carbocycles. The van der Waals surface area contributed by atoms with Crippen LogP contribution in [0.3, 0.4) is 0 Å². The molecule has 0 aliphatic heterocycles. The van der Waals surface area contributed by atoms with Crippen molar-refractivity contribution < 1.29 is 19.1 Å². The predicted octanol–water partition coefficient (Wildman–Crippen LogP) is 1.53. The van der Waals surface area contributed by atoms with Crippen molar-refractivity contribution in [2.45, 2.75) is 71.4 Å². The number of nitrogens with one attached hydrogen (secondary N) is 2. The molecule has 0 bridgehead atoms. The Kier molecular flexibility index (Phi) is 5.97. The molecule has 0 aromatic heterocycles. The molecule has 2 N–H and O–H groups in total. The molecular weight excluding hydrogens is 284 g/mol. The number of carbonyl (C=O) groups is 3. The van der Waals surface area contributed by atoms with E-state index in [1.807, 2.05) is 0 Å². The van der Waals surface area contributed by atoms with Gasteiger partial charge in [-0.2, -0.15) is 0 Å². The van der Waals surface area contributed by atoms with Crippen LogP contribution in [-0.2, 0) is 19.1 Å². The van der Waals surface area contributed by atoms with Crippen molar-refractivity contribution in [3.63, 3.8) is 0 Å². The molecule has 1 rings (SSSR count). The Morgan fingerprint density at radius 2 is 1.64 bits per heavy atom. The van der Waals surface area contributed by atoms with E-state index in [0.29, 0.717) is 12.8 Å². The molecule has 1 saturated carbocycles. The lowest BCUT2D eigenvalue weighted by Crippen LogP contribution is -2.60. The summed E-state index contributed by atoms with van der Waals surface area (Å²) in [6, 6.07) is -0.699. The van der Waals surface area contributed by atoms with Gasteiger partial charge in [0, 0.05) is 5.41 Å². The van der Waals surface area contributed by atoms with Crippen molar-refractivity contribution in [1.29, 1.82) is 0 Å². The van der Waals surface area contributed by atoms with Crippen LogP contribution in [0.4, 0.5) is 0 Å². The number of esters is 1. The fraction of sp³-hybridized carbons (Fsp3) is 0.812. The molecule has 0 aromatic carbocycles. The van der Waals surface area contributed by atoms with Gasteiger partial charge >= 0.3 is 5.97 Å². The molecule has 126 valence electrons. The predicted molar refractivity (Wildman–Crippen MR) is 83.0 cm³/mol. The molecular formula is C16H28N2O4. The fourth-order valence-corrected chi connectivity index (χ4v) is 2.55. The van der Waals surface area contributed by atoms with Crippen LogP contribution in [0, 0.1) is 5.41 Å². The van der Waals surface area contributed by atoms with Gasteiger partial charge in [0.25, 0.3) is 0 Å². The Bertz CT molecular complexity index is 434. The van der Waals surface area contributed by atoms with Gasteiger partial charge in [-0.15, -0.1) is 0 Å². The zero-order valence-corrected chi connectivity index (χ0v) is 14.2. The SMILES string of the molecule is COC(=O)C1(NC(=O)C(C)NC(=O)C(C)(C)C)CCCCC1. The molecule has 0 heterocycles. The highest BCUT2D eigenvalue weighted by Crippen LogP contribution is 2.29. The topological polar surface area (TPSA) is 84.5 Å². The first kappa shape index (κ1) is 18.5. The first-order valence-electron chi connectivity index (χ1n) is 7.84. The van der Waals surface area contributed by atoms with Crippen molar-refractivity contribution in [2.75, 3.05) is 7.11 Å². The van der Waals surface area contributed by atoms with Crippen LogP contribution < -0.4 is 10.6 Å². The summed E-state index contributed by atoms with van der Waals surface area (Å²) < 4.78 is 4.87. The molecule has 6 heteroatoms. The zero-order chi connectivity index (χ0) is 17.0. The first-order chi connectivity index (χ1) is 10.1. The number of hydrogen-bond acceptors (Lipinski definition) is 4. The molecule has 6 nitrogen and oxygen atoms in total. The summed E-state index contributed by atoms with van der Waals surface area (Å²) >= 11 is 0. The summed E-state index contributed by atoms with van der Waals surface area (Å²) in [6.45, 7) is 6.96. The number of carbonyl (C=O) groups excluding carboxylic acids is 3. The van der Waals surface area contributed by atoms with E-state index in [1.54, 1.807) is 27.7 Å².